The minimum atomic E-state index is -0.567. The van der Waals surface area contributed by atoms with E-state index in [1.54, 1.807) is 0 Å². The van der Waals surface area contributed by atoms with Crippen LogP contribution in [0, 0.1) is 0 Å². The summed E-state index contributed by atoms with van der Waals surface area (Å²) in [5.74, 6) is -0.162. The normalized spacial score (nSPS) is 19.3. The first-order valence-electron chi connectivity index (χ1n) is 7.38. The molecule has 1 aromatic rings. The van der Waals surface area contributed by atoms with Crippen LogP contribution in [0.2, 0.25) is 0 Å². The highest BCUT2D eigenvalue weighted by atomic mass is 16.3. The lowest BCUT2D eigenvalue weighted by atomic mass is 9.82. The lowest BCUT2D eigenvalue weighted by Gasteiger charge is -2.37. The molecule has 4 nitrogen and oxygen atoms in total. The summed E-state index contributed by atoms with van der Waals surface area (Å²) in [6.45, 7) is -0.00318. The third-order valence-corrected chi connectivity index (χ3v) is 4.14. The molecule has 0 spiro atoms. The largest absolute Gasteiger partial charge is 0.394 e. The molecule has 0 radical (unpaired) electrons. The average molecular weight is 276 g/mol. The number of amides is 1. The van der Waals surface area contributed by atoms with Crippen LogP contribution < -0.4 is 11.1 Å². The summed E-state index contributed by atoms with van der Waals surface area (Å²) in [4.78, 5) is 12.2. The fourth-order valence-corrected chi connectivity index (χ4v) is 2.87. The van der Waals surface area contributed by atoms with E-state index in [4.69, 9.17) is 5.73 Å². The molecule has 1 atom stereocenters. The zero-order chi connectivity index (χ0) is 14.4. The maximum atomic E-state index is 12.2. The Kier molecular flexibility index (Phi) is 5.15. The summed E-state index contributed by atoms with van der Waals surface area (Å²) in [6.07, 6.45) is 5.48. The van der Waals surface area contributed by atoms with E-state index < -0.39 is 11.6 Å². The molecule has 1 amide bonds. The van der Waals surface area contributed by atoms with Crippen LogP contribution in [0.1, 0.15) is 37.7 Å². The van der Waals surface area contributed by atoms with E-state index in [1.165, 1.54) is 6.42 Å². The van der Waals surface area contributed by atoms with Crippen molar-refractivity contribution in [1.82, 2.24) is 5.32 Å². The Bertz CT molecular complexity index is 427. The zero-order valence-corrected chi connectivity index (χ0v) is 11.8. The molecule has 1 saturated carbocycles. The lowest BCUT2D eigenvalue weighted by Crippen LogP contribution is -2.57. The summed E-state index contributed by atoms with van der Waals surface area (Å²) in [5.41, 5.74) is 6.58. The van der Waals surface area contributed by atoms with Crippen LogP contribution in [0.4, 0.5) is 0 Å². The van der Waals surface area contributed by atoms with Crippen LogP contribution in [0.15, 0.2) is 30.3 Å². The van der Waals surface area contributed by atoms with Gasteiger partial charge in [0.05, 0.1) is 18.2 Å². The Morgan fingerprint density at radius 2 is 1.90 bits per heavy atom. The van der Waals surface area contributed by atoms with Crippen molar-refractivity contribution in [2.24, 2.45) is 5.73 Å². The molecule has 1 aliphatic rings. The van der Waals surface area contributed by atoms with Crippen LogP contribution in [-0.4, -0.2) is 29.2 Å². The van der Waals surface area contributed by atoms with Crippen molar-refractivity contribution < 1.29 is 9.90 Å². The standard InChI is InChI=1S/C16H24N2O2/c17-14(11-13-7-3-1-4-8-13)15(20)18-16(12-19)9-5-2-6-10-16/h1,3-4,7-8,14,19H,2,5-6,9-12,17H2,(H,18,20)/t14-/m1/s1. The molecule has 0 saturated heterocycles. The molecule has 1 aliphatic carbocycles. The quantitative estimate of drug-likeness (QED) is 0.760. The highest BCUT2D eigenvalue weighted by Gasteiger charge is 2.34. The smallest absolute Gasteiger partial charge is 0.237 e. The number of carbonyl (C=O) groups excluding carboxylic acids is 1. The number of nitrogens with two attached hydrogens (primary N) is 1. The van der Waals surface area contributed by atoms with E-state index in [0.717, 1.165) is 31.2 Å². The lowest BCUT2D eigenvalue weighted by molar-refractivity contribution is -0.125. The highest BCUT2D eigenvalue weighted by molar-refractivity contribution is 5.82. The van der Waals surface area contributed by atoms with Crippen LogP contribution in [0.3, 0.4) is 0 Å². The molecular formula is C16H24N2O2. The summed E-state index contributed by atoms with van der Waals surface area (Å²) in [5, 5.41) is 12.6. The van der Waals surface area contributed by atoms with Crippen molar-refractivity contribution in [2.75, 3.05) is 6.61 Å². The minimum absolute atomic E-state index is 0.00318. The molecule has 20 heavy (non-hydrogen) atoms. The molecule has 0 aliphatic heterocycles. The van der Waals surface area contributed by atoms with Gasteiger partial charge in [-0.1, -0.05) is 49.6 Å². The van der Waals surface area contributed by atoms with Crippen molar-refractivity contribution in [1.29, 1.82) is 0 Å². The topological polar surface area (TPSA) is 75.4 Å². The Balaban J connectivity index is 1.93. The molecule has 2 rings (SSSR count). The fourth-order valence-electron chi connectivity index (χ4n) is 2.87. The molecule has 0 aromatic heterocycles. The van der Waals surface area contributed by atoms with Crippen molar-refractivity contribution in [3.05, 3.63) is 35.9 Å². The number of carbonyl (C=O) groups is 1. The van der Waals surface area contributed by atoms with Crippen LogP contribution in [-0.2, 0) is 11.2 Å². The number of benzene rings is 1. The van der Waals surface area contributed by atoms with E-state index in [-0.39, 0.29) is 12.5 Å². The molecule has 4 heteroatoms. The third kappa shape index (κ3) is 3.81. The molecule has 110 valence electrons. The monoisotopic (exact) mass is 276 g/mol. The maximum absolute atomic E-state index is 12.2. The van der Waals surface area contributed by atoms with Gasteiger partial charge in [-0.3, -0.25) is 4.79 Å². The van der Waals surface area contributed by atoms with Gasteiger partial charge in [-0.15, -0.1) is 0 Å². The van der Waals surface area contributed by atoms with Crippen LogP contribution in [0.5, 0.6) is 0 Å². The second-order valence-electron chi connectivity index (χ2n) is 5.78. The molecule has 0 bridgehead atoms. The Labute approximate surface area is 120 Å². The van der Waals surface area contributed by atoms with Crippen molar-refractivity contribution in [3.63, 3.8) is 0 Å². The second kappa shape index (κ2) is 6.86. The van der Waals surface area contributed by atoms with Gasteiger partial charge in [-0.05, 0) is 24.8 Å². The third-order valence-electron chi connectivity index (χ3n) is 4.14. The molecule has 0 heterocycles. The highest BCUT2D eigenvalue weighted by Crippen LogP contribution is 2.27. The first-order valence-corrected chi connectivity index (χ1v) is 7.38. The van der Waals surface area contributed by atoms with Gasteiger partial charge in [-0.2, -0.15) is 0 Å². The first-order chi connectivity index (χ1) is 9.65. The van der Waals surface area contributed by atoms with Crippen molar-refractivity contribution in [2.45, 2.75) is 50.1 Å². The van der Waals surface area contributed by atoms with E-state index in [2.05, 4.69) is 5.32 Å². The summed E-state index contributed by atoms with van der Waals surface area (Å²) >= 11 is 0. The summed E-state index contributed by atoms with van der Waals surface area (Å²) in [7, 11) is 0. The Morgan fingerprint density at radius 3 is 2.50 bits per heavy atom. The molecule has 0 unspecified atom stereocenters. The van der Waals surface area contributed by atoms with E-state index in [9.17, 15) is 9.90 Å². The number of aliphatic hydroxyl groups is 1. The predicted octanol–water partition coefficient (Wildman–Crippen LogP) is 1.37. The van der Waals surface area contributed by atoms with Crippen molar-refractivity contribution >= 4 is 5.91 Å². The van der Waals surface area contributed by atoms with E-state index >= 15 is 0 Å². The maximum Gasteiger partial charge on any atom is 0.237 e. The van der Waals surface area contributed by atoms with Gasteiger partial charge < -0.3 is 16.2 Å². The number of hydrogen-bond acceptors (Lipinski definition) is 3. The SMILES string of the molecule is N[C@H](Cc1ccccc1)C(=O)NC1(CO)CCCCC1. The Morgan fingerprint density at radius 1 is 1.25 bits per heavy atom. The summed E-state index contributed by atoms with van der Waals surface area (Å²) < 4.78 is 0. The predicted molar refractivity (Wildman–Crippen MR) is 79.2 cm³/mol. The second-order valence-corrected chi connectivity index (χ2v) is 5.78. The molecular weight excluding hydrogens is 252 g/mol. The van der Waals surface area contributed by atoms with Gasteiger partial charge in [-0.25, -0.2) is 0 Å². The van der Waals surface area contributed by atoms with Crippen LogP contribution >= 0.6 is 0 Å². The number of rotatable bonds is 5. The number of aliphatic hydroxyl groups excluding tert-OH is 1. The van der Waals surface area contributed by atoms with Gasteiger partial charge in [0.1, 0.15) is 0 Å². The number of hydrogen-bond donors (Lipinski definition) is 3. The van der Waals surface area contributed by atoms with Gasteiger partial charge in [0.2, 0.25) is 5.91 Å². The van der Waals surface area contributed by atoms with Crippen LogP contribution in [0.25, 0.3) is 0 Å². The Hall–Kier alpha value is -1.39. The molecule has 1 fully saturated rings. The molecule has 4 N–H and O–H groups in total. The minimum Gasteiger partial charge on any atom is -0.394 e. The first kappa shape index (κ1) is 15.0. The number of nitrogens with one attached hydrogen (secondary N) is 1. The average Bonchev–Trinajstić information content (AvgIpc) is 2.49. The van der Waals surface area contributed by atoms with Gasteiger partial charge in [0.15, 0.2) is 0 Å². The van der Waals surface area contributed by atoms with Gasteiger partial charge >= 0.3 is 0 Å². The van der Waals surface area contributed by atoms with Gasteiger partial charge in [0, 0.05) is 0 Å². The summed E-state index contributed by atoms with van der Waals surface area (Å²) in [6, 6.07) is 9.19. The molecule has 1 aromatic carbocycles. The fraction of sp³-hybridized carbons (Fsp3) is 0.562. The van der Waals surface area contributed by atoms with E-state index in [0.29, 0.717) is 6.42 Å². The van der Waals surface area contributed by atoms with Gasteiger partial charge in [0.25, 0.3) is 0 Å². The van der Waals surface area contributed by atoms with Crippen molar-refractivity contribution in [3.8, 4) is 0 Å². The van der Waals surface area contributed by atoms with E-state index in [1.807, 2.05) is 30.3 Å². The zero-order valence-electron chi connectivity index (χ0n) is 11.8.